The van der Waals surface area contributed by atoms with Crippen LogP contribution in [0.2, 0.25) is 0 Å². The molecule has 0 radical (unpaired) electrons. The second kappa shape index (κ2) is 8.80. The van der Waals surface area contributed by atoms with Gasteiger partial charge in [0.05, 0.1) is 24.2 Å². The number of hydrogen-bond acceptors (Lipinski definition) is 4. The third-order valence-corrected chi connectivity index (χ3v) is 5.75. The van der Waals surface area contributed by atoms with Crippen LogP contribution in [0.15, 0.2) is 24.3 Å². The fourth-order valence-electron chi connectivity index (χ4n) is 3.92. The second-order valence-corrected chi connectivity index (χ2v) is 7.48. The van der Waals surface area contributed by atoms with E-state index < -0.39 is 17.2 Å². The molecule has 1 unspecified atom stereocenters. The number of carbonyl (C=O) groups is 1. The van der Waals surface area contributed by atoms with Gasteiger partial charge in [-0.25, -0.2) is 0 Å². The summed E-state index contributed by atoms with van der Waals surface area (Å²) < 4.78 is 50.3. The highest BCUT2D eigenvalue weighted by atomic mass is 19.4. The van der Waals surface area contributed by atoms with Crippen molar-refractivity contribution in [2.75, 3.05) is 46.1 Å². The van der Waals surface area contributed by atoms with E-state index >= 15 is 0 Å². The quantitative estimate of drug-likeness (QED) is 0.826. The van der Waals surface area contributed by atoms with Crippen molar-refractivity contribution >= 4 is 5.91 Å². The summed E-state index contributed by atoms with van der Waals surface area (Å²) in [5.41, 5.74) is -1.32. The van der Waals surface area contributed by atoms with E-state index in [1.807, 2.05) is 6.92 Å². The molecule has 1 amide bonds. The first-order valence-corrected chi connectivity index (χ1v) is 9.68. The van der Waals surface area contributed by atoms with Crippen molar-refractivity contribution in [1.29, 1.82) is 0 Å². The number of nitrogens with zero attached hydrogens (tertiary/aromatic N) is 1. The zero-order valence-electron chi connectivity index (χ0n) is 16.1. The van der Waals surface area contributed by atoms with Gasteiger partial charge in [-0.05, 0) is 31.4 Å². The molecule has 1 N–H and O–H groups in total. The Labute approximate surface area is 163 Å². The second-order valence-electron chi connectivity index (χ2n) is 7.48. The number of rotatable bonds is 5. The van der Waals surface area contributed by atoms with Gasteiger partial charge in [-0.3, -0.25) is 9.69 Å². The topological polar surface area (TPSA) is 50.8 Å². The number of ether oxygens (including phenoxy) is 2. The van der Waals surface area contributed by atoms with Crippen molar-refractivity contribution < 1.29 is 27.4 Å². The maximum absolute atomic E-state index is 13.2. The van der Waals surface area contributed by atoms with Gasteiger partial charge >= 0.3 is 6.18 Å². The van der Waals surface area contributed by atoms with Crippen molar-refractivity contribution in [2.45, 2.75) is 37.4 Å². The van der Waals surface area contributed by atoms with Crippen molar-refractivity contribution in [3.8, 4) is 0 Å². The number of amides is 1. The Kier molecular flexibility index (Phi) is 6.62. The van der Waals surface area contributed by atoms with E-state index in [2.05, 4.69) is 10.2 Å². The van der Waals surface area contributed by atoms with Crippen molar-refractivity contribution in [3.05, 3.63) is 35.4 Å². The third kappa shape index (κ3) is 4.67. The molecule has 0 aliphatic carbocycles. The summed E-state index contributed by atoms with van der Waals surface area (Å²) in [5.74, 6) is -0.227. The number of morpholine rings is 1. The molecule has 2 aliphatic rings. The van der Waals surface area contributed by atoms with E-state index in [0.29, 0.717) is 51.4 Å². The van der Waals surface area contributed by atoms with Gasteiger partial charge < -0.3 is 14.8 Å². The standard InChI is InChI=1S/C20H27F3N2O3/c1-15(25-7-11-28-12-8-25)14-24-18(26)19(5-9-27-10-6-19)16-3-2-4-17(13-16)20(21,22)23/h2-4,13,15H,5-12,14H2,1H3,(H,24,26). The van der Waals surface area contributed by atoms with Crippen LogP contribution in [0.4, 0.5) is 13.2 Å². The fourth-order valence-corrected chi connectivity index (χ4v) is 3.92. The van der Waals surface area contributed by atoms with Crippen molar-refractivity contribution in [1.82, 2.24) is 10.2 Å². The smallest absolute Gasteiger partial charge is 0.381 e. The maximum Gasteiger partial charge on any atom is 0.416 e. The van der Waals surface area contributed by atoms with Crippen LogP contribution in [0.1, 0.15) is 30.9 Å². The third-order valence-electron chi connectivity index (χ3n) is 5.75. The Balaban J connectivity index is 1.76. The first kappa shape index (κ1) is 21.1. The average Bonchev–Trinajstić information content (AvgIpc) is 2.72. The van der Waals surface area contributed by atoms with Gasteiger partial charge in [0.25, 0.3) is 0 Å². The molecular formula is C20H27F3N2O3. The Morgan fingerprint density at radius 2 is 1.82 bits per heavy atom. The molecule has 0 spiro atoms. The van der Waals surface area contributed by atoms with Crippen LogP contribution in [0.25, 0.3) is 0 Å². The van der Waals surface area contributed by atoms with E-state index in [0.717, 1.165) is 25.2 Å². The van der Waals surface area contributed by atoms with Crippen molar-refractivity contribution in [2.24, 2.45) is 0 Å². The molecule has 1 aromatic carbocycles. The summed E-state index contributed by atoms with van der Waals surface area (Å²) >= 11 is 0. The lowest BCUT2D eigenvalue weighted by molar-refractivity contribution is -0.138. The van der Waals surface area contributed by atoms with Gasteiger partial charge in [0.15, 0.2) is 0 Å². The minimum absolute atomic E-state index is 0.131. The zero-order valence-corrected chi connectivity index (χ0v) is 16.1. The molecule has 2 fully saturated rings. The van der Waals surface area contributed by atoms with Gasteiger partial charge in [-0.1, -0.05) is 18.2 Å². The fraction of sp³-hybridized carbons (Fsp3) is 0.650. The molecule has 5 nitrogen and oxygen atoms in total. The van der Waals surface area contributed by atoms with Crippen LogP contribution in [0, 0.1) is 0 Å². The predicted molar refractivity (Wildman–Crippen MR) is 98.0 cm³/mol. The number of halogens is 3. The summed E-state index contributed by atoms with van der Waals surface area (Å²) in [6.45, 7) is 6.14. The van der Waals surface area contributed by atoms with E-state index in [4.69, 9.17) is 9.47 Å². The van der Waals surface area contributed by atoms with E-state index in [1.54, 1.807) is 6.07 Å². The lowest BCUT2D eigenvalue weighted by Crippen LogP contribution is -2.52. The normalized spacial score (nSPS) is 21.9. The van der Waals surface area contributed by atoms with Crippen molar-refractivity contribution in [3.63, 3.8) is 0 Å². The predicted octanol–water partition coefficient (Wildman–Crippen LogP) is 2.59. The Bertz CT molecular complexity index is 669. The molecule has 0 saturated carbocycles. The summed E-state index contributed by atoms with van der Waals surface area (Å²) in [6.07, 6.45) is -3.71. The minimum atomic E-state index is -4.44. The molecule has 8 heteroatoms. The number of alkyl halides is 3. The van der Waals surface area contributed by atoms with E-state index in [-0.39, 0.29) is 11.9 Å². The molecule has 2 aliphatic heterocycles. The van der Waals surface area contributed by atoms with Crippen LogP contribution >= 0.6 is 0 Å². The van der Waals surface area contributed by atoms with Crippen LogP contribution in [-0.2, 0) is 25.9 Å². The summed E-state index contributed by atoms with van der Waals surface area (Å²) in [7, 11) is 0. The van der Waals surface area contributed by atoms with Crippen LogP contribution < -0.4 is 5.32 Å². The average molecular weight is 400 g/mol. The largest absolute Gasteiger partial charge is 0.416 e. The molecule has 0 bridgehead atoms. The molecular weight excluding hydrogens is 373 g/mol. The van der Waals surface area contributed by atoms with E-state index in [1.165, 1.54) is 6.07 Å². The lowest BCUT2D eigenvalue weighted by Gasteiger charge is -2.38. The lowest BCUT2D eigenvalue weighted by atomic mass is 9.73. The molecule has 1 atom stereocenters. The first-order chi connectivity index (χ1) is 13.3. The maximum atomic E-state index is 13.2. The summed E-state index contributed by atoms with van der Waals surface area (Å²) in [5, 5.41) is 2.99. The number of hydrogen-bond donors (Lipinski definition) is 1. The zero-order chi connectivity index (χ0) is 20.2. The Morgan fingerprint density at radius 1 is 1.18 bits per heavy atom. The number of benzene rings is 1. The first-order valence-electron chi connectivity index (χ1n) is 9.68. The Hall–Kier alpha value is -1.64. The highest BCUT2D eigenvalue weighted by molar-refractivity contribution is 5.88. The molecule has 28 heavy (non-hydrogen) atoms. The molecule has 1 aromatic rings. The molecule has 156 valence electrons. The SMILES string of the molecule is CC(CNC(=O)C1(c2cccc(C(F)(F)F)c2)CCOCC1)N1CCOCC1. The summed E-state index contributed by atoms with van der Waals surface area (Å²) in [6, 6.07) is 5.27. The molecule has 0 aromatic heterocycles. The van der Waals surface area contributed by atoms with E-state index in [9.17, 15) is 18.0 Å². The van der Waals surface area contributed by atoms with Crippen LogP contribution in [0.3, 0.4) is 0 Å². The van der Waals surface area contributed by atoms with Crippen LogP contribution in [0.5, 0.6) is 0 Å². The monoisotopic (exact) mass is 400 g/mol. The highest BCUT2D eigenvalue weighted by Gasteiger charge is 2.43. The summed E-state index contributed by atoms with van der Waals surface area (Å²) in [4.78, 5) is 15.4. The van der Waals surface area contributed by atoms with Crippen LogP contribution in [-0.4, -0.2) is 62.9 Å². The highest BCUT2D eigenvalue weighted by Crippen LogP contribution is 2.38. The Morgan fingerprint density at radius 3 is 2.46 bits per heavy atom. The minimum Gasteiger partial charge on any atom is -0.381 e. The number of carbonyl (C=O) groups excluding carboxylic acids is 1. The van der Waals surface area contributed by atoms with Gasteiger partial charge in [0.1, 0.15) is 0 Å². The van der Waals surface area contributed by atoms with Gasteiger partial charge in [-0.15, -0.1) is 0 Å². The number of nitrogens with one attached hydrogen (secondary N) is 1. The van der Waals surface area contributed by atoms with Gasteiger partial charge in [0.2, 0.25) is 5.91 Å². The van der Waals surface area contributed by atoms with Gasteiger partial charge in [0, 0.05) is 38.9 Å². The molecule has 3 rings (SSSR count). The van der Waals surface area contributed by atoms with Gasteiger partial charge in [-0.2, -0.15) is 13.2 Å². The molecule has 2 saturated heterocycles. The molecule has 2 heterocycles.